The predicted molar refractivity (Wildman–Crippen MR) is 96.3 cm³/mol. The van der Waals surface area contributed by atoms with E-state index in [0.29, 0.717) is 19.1 Å². The molecular weight excluding hydrogens is 286 g/mol. The number of rotatable bonds is 9. The van der Waals surface area contributed by atoms with Crippen LogP contribution in [0.25, 0.3) is 0 Å². The van der Waals surface area contributed by atoms with Gasteiger partial charge in [-0.3, -0.25) is 0 Å². The first-order valence-corrected chi connectivity index (χ1v) is 9.22. The Kier molecular flexibility index (Phi) is 7.90. The van der Waals surface area contributed by atoms with E-state index in [0.717, 1.165) is 31.2 Å². The van der Waals surface area contributed by atoms with Crippen molar-refractivity contribution in [1.29, 1.82) is 0 Å². The number of hydrogen-bond acceptors (Lipinski definition) is 3. The third kappa shape index (κ3) is 6.15. The van der Waals surface area contributed by atoms with Gasteiger partial charge in [0.15, 0.2) is 0 Å². The lowest BCUT2D eigenvalue weighted by Crippen LogP contribution is -2.35. The van der Waals surface area contributed by atoms with E-state index in [-0.39, 0.29) is 0 Å². The highest BCUT2D eigenvalue weighted by Gasteiger charge is 2.14. The van der Waals surface area contributed by atoms with Gasteiger partial charge in [0.2, 0.25) is 0 Å². The van der Waals surface area contributed by atoms with E-state index in [4.69, 9.17) is 9.47 Å². The van der Waals surface area contributed by atoms with Crippen molar-refractivity contribution in [3.05, 3.63) is 29.8 Å². The summed E-state index contributed by atoms with van der Waals surface area (Å²) in [7, 11) is 0. The summed E-state index contributed by atoms with van der Waals surface area (Å²) >= 11 is 0. The lowest BCUT2D eigenvalue weighted by Gasteiger charge is -2.29. The van der Waals surface area contributed by atoms with Crippen molar-refractivity contribution >= 4 is 0 Å². The molecule has 1 aromatic carbocycles. The van der Waals surface area contributed by atoms with Crippen molar-refractivity contribution in [2.24, 2.45) is 5.92 Å². The molecule has 0 amide bonds. The van der Waals surface area contributed by atoms with Crippen LogP contribution in [-0.2, 0) is 4.74 Å². The predicted octanol–water partition coefficient (Wildman–Crippen LogP) is 4.33. The lowest BCUT2D eigenvalue weighted by atomic mass is 9.98. The Hall–Kier alpha value is -1.06. The van der Waals surface area contributed by atoms with Crippen LogP contribution in [0.3, 0.4) is 0 Å². The number of benzene rings is 1. The first kappa shape index (κ1) is 18.3. The maximum Gasteiger partial charge on any atom is 0.122 e. The summed E-state index contributed by atoms with van der Waals surface area (Å²) < 4.78 is 11.7. The van der Waals surface area contributed by atoms with E-state index < -0.39 is 0 Å². The maximum atomic E-state index is 5.93. The zero-order chi connectivity index (χ0) is 16.5. The van der Waals surface area contributed by atoms with Gasteiger partial charge in [0, 0.05) is 6.54 Å². The van der Waals surface area contributed by atoms with Crippen molar-refractivity contribution in [3.63, 3.8) is 0 Å². The number of hydrogen-bond donors (Lipinski definition) is 0. The molecule has 1 heterocycles. The molecule has 0 N–H and O–H groups in total. The highest BCUT2D eigenvalue weighted by atomic mass is 16.5. The Morgan fingerprint density at radius 2 is 1.87 bits per heavy atom. The van der Waals surface area contributed by atoms with Crippen molar-refractivity contribution in [1.82, 2.24) is 4.90 Å². The molecule has 0 saturated carbocycles. The number of likely N-dealkylation sites (tertiary alicyclic amines) is 1. The molecule has 23 heavy (non-hydrogen) atoms. The topological polar surface area (TPSA) is 21.7 Å². The average molecular weight is 319 g/mol. The van der Waals surface area contributed by atoms with Crippen LogP contribution in [0.5, 0.6) is 5.75 Å². The smallest absolute Gasteiger partial charge is 0.122 e. The highest BCUT2D eigenvalue weighted by molar-refractivity contribution is 5.35. The third-order valence-electron chi connectivity index (χ3n) is 4.98. The Bertz CT molecular complexity index is 441. The number of ether oxygens (including phenoxy) is 2. The van der Waals surface area contributed by atoms with Gasteiger partial charge in [-0.25, -0.2) is 0 Å². The van der Waals surface area contributed by atoms with Crippen molar-refractivity contribution in [2.45, 2.75) is 46.0 Å². The molecule has 1 atom stereocenters. The van der Waals surface area contributed by atoms with Crippen LogP contribution in [0.2, 0.25) is 0 Å². The molecule has 1 aliphatic heterocycles. The van der Waals surface area contributed by atoms with E-state index in [9.17, 15) is 0 Å². The summed E-state index contributed by atoms with van der Waals surface area (Å²) in [4.78, 5) is 2.51. The minimum absolute atomic E-state index is 0.536. The molecule has 0 unspecified atom stereocenters. The first-order chi connectivity index (χ1) is 11.2. The largest absolute Gasteiger partial charge is 0.491 e. The molecule has 0 aromatic heterocycles. The van der Waals surface area contributed by atoms with Crippen LogP contribution in [-0.4, -0.2) is 44.4 Å². The van der Waals surface area contributed by atoms with Crippen LogP contribution in [0.15, 0.2) is 24.3 Å². The molecule has 3 heteroatoms. The molecule has 0 spiro atoms. The summed E-state index contributed by atoms with van der Waals surface area (Å²) in [5.74, 6) is 2.44. The van der Waals surface area contributed by atoms with Crippen LogP contribution in [0.1, 0.15) is 51.5 Å². The molecule has 1 aliphatic rings. The Balaban J connectivity index is 1.61. The molecule has 0 radical (unpaired) electrons. The van der Waals surface area contributed by atoms with Crippen LogP contribution >= 0.6 is 0 Å². The van der Waals surface area contributed by atoms with Crippen molar-refractivity contribution < 1.29 is 9.47 Å². The molecule has 1 aromatic rings. The monoisotopic (exact) mass is 319 g/mol. The standard InChI is InChI=1S/C20H33NO2/c1-4-18(3)19-7-5-6-8-20(19)23-16-15-22-14-13-21-11-9-17(2)10-12-21/h5-8,17-18H,4,9-16H2,1-3H3/t18-/m1/s1. The quantitative estimate of drug-likeness (QED) is 0.632. The van der Waals surface area contributed by atoms with Gasteiger partial charge in [0.25, 0.3) is 0 Å². The number of para-hydroxylation sites is 1. The maximum absolute atomic E-state index is 5.93. The summed E-state index contributed by atoms with van der Waals surface area (Å²) in [5.41, 5.74) is 1.30. The van der Waals surface area contributed by atoms with Gasteiger partial charge < -0.3 is 14.4 Å². The van der Waals surface area contributed by atoms with Gasteiger partial charge in [-0.05, 0) is 55.8 Å². The van der Waals surface area contributed by atoms with Crippen molar-refractivity contribution in [2.75, 3.05) is 39.5 Å². The van der Waals surface area contributed by atoms with Gasteiger partial charge >= 0.3 is 0 Å². The molecule has 3 nitrogen and oxygen atoms in total. The second kappa shape index (κ2) is 9.94. The third-order valence-corrected chi connectivity index (χ3v) is 4.98. The van der Waals surface area contributed by atoms with E-state index in [1.54, 1.807) is 0 Å². The van der Waals surface area contributed by atoms with E-state index in [1.807, 2.05) is 6.07 Å². The minimum Gasteiger partial charge on any atom is -0.491 e. The van der Waals surface area contributed by atoms with Crippen molar-refractivity contribution in [3.8, 4) is 5.75 Å². The first-order valence-electron chi connectivity index (χ1n) is 9.22. The molecule has 130 valence electrons. The minimum atomic E-state index is 0.536. The lowest BCUT2D eigenvalue weighted by molar-refractivity contribution is 0.0706. The van der Waals surface area contributed by atoms with E-state index in [1.165, 1.54) is 31.5 Å². The summed E-state index contributed by atoms with van der Waals surface area (Å²) in [6, 6.07) is 8.36. The zero-order valence-electron chi connectivity index (χ0n) is 15.1. The molecule has 2 rings (SSSR count). The van der Waals surface area contributed by atoms with Gasteiger partial charge in [0.05, 0.1) is 13.2 Å². The SMILES string of the molecule is CC[C@@H](C)c1ccccc1OCCOCCN1CCC(C)CC1. The Labute approximate surface area is 142 Å². The highest BCUT2D eigenvalue weighted by Crippen LogP contribution is 2.28. The fraction of sp³-hybridized carbons (Fsp3) is 0.700. The Morgan fingerprint density at radius 1 is 1.13 bits per heavy atom. The summed E-state index contributed by atoms with van der Waals surface area (Å²) in [6.45, 7) is 12.4. The van der Waals surface area contributed by atoms with Crippen LogP contribution < -0.4 is 4.74 Å². The van der Waals surface area contributed by atoms with Gasteiger partial charge in [-0.1, -0.05) is 39.0 Å². The normalized spacial score (nSPS) is 18.0. The fourth-order valence-corrected chi connectivity index (χ4v) is 3.03. The molecule has 0 aliphatic carbocycles. The zero-order valence-corrected chi connectivity index (χ0v) is 15.1. The molecular formula is C20H33NO2. The number of nitrogens with zero attached hydrogens (tertiary/aromatic N) is 1. The fourth-order valence-electron chi connectivity index (χ4n) is 3.03. The summed E-state index contributed by atoms with van der Waals surface area (Å²) in [5, 5.41) is 0. The van der Waals surface area contributed by atoms with Gasteiger partial charge in [-0.15, -0.1) is 0 Å². The summed E-state index contributed by atoms with van der Waals surface area (Å²) in [6.07, 6.45) is 3.79. The molecule has 1 saturated heterocycles. The Morgan fingerprint density at radius 3 is 2.61 bits per heavy atom. The van der Waals surface area contributed by atoms with Crippen LogP contribution in [0, 0.1) is 5.92 Å². The number of piperidine rings is 1. The second-order valence-electron chi connectivity index (χ2n) is 6.83. The van der Waals surface area contributed by atoms with Crippen LogP contribution in [0.4, 0.5) is 0 Å². The van der Waals surface area contributed by atoms with Gasteiger partial charge in [0.1, 0.15) is 12.4 Å². The van der Waals surface area contributed by atoms with E-state index in [2.05, 4.69) is 43.9 Å². The van der Waals surface area contributed by atoms with E-state index >= 15 is 0 Å². The average Bonchev–Trinajstić information content (AvgIpc) is 2.59. The van der Waals surface area contributed by atoms with Gasteiger partial charge in [-0.2, -0.15) is 0 Å². The second-order valence-corrected chi connectivity index (χ2v) is 6.83. The molecule has 0 bridgehead atoms. The molecule has 1 fully saturated rings.